The second kappa shape index (κ2) is 8.33. The molecule has 0 radical (unpaired) electrons. The Hall–Kier alpha value is -3.02. The van der Waals surface area contributed by atoms with Gasteiger partial charge in [0.1, 0.15) is 5.52 Å². The van der Waals surface area contributed by atoms with Gasteiger partial charge in [-0.15, -0.1) is 0 Å². The van der Waals surface area contributed by atoms with E-state index >= 15 is 0 Å². The third-order valence-electron chi connectivity index (χ3n) is 5.36. The minimum Gasteiger partial charge on any atom is -0.369 e. The average Bonchev–Trinajstić information content (AvgIpc) is 2.77. The molecular weight excluding hydrogens is 350 g/mol. The molecule has 1 aliphatic rings. The number of piperidine rings is 1. The maximum atomic E-state index is 13.2. The first-order valence-electron chi connectivity index (χ1n) is 9.89. The molecule has 1 saturated heterocycles. The topological polar surface area (TPSA) is 62.2 Å². The number of hydrogen-bond donors (Lipinski definition) is 0. The molecule has 0 N–H and O–H groups in total. The van der Waals surface area contributed by atoms with Gasteiger partial charge in [0.15, 0.2) is 5.65 Å². The van der Waals surface area contributed by atoms with Crippen LogP contribution in [-0.2, 0) is 11.3 Å². The molecule has 1 fully saturated rings. The van der Waals surface area contributed by atoms with Crippen molar-refractivity contribution in [2.45, 2.75) is 26.3 Å². The lowest BCUT2D eigenvalue weighted by Gasteiger charge is -2.36. The summed E-state index contributed by atoms with van der Waals surface area (Å²) in [5.74, 6) is 0.250. The Labute approximate surface area is 165 Å². The molecule has 1 unspecified atom stereocenters. The largest absolute Gasteiger partial charge is 0.369 e. The number of aromatic nitrogens is 3. The van der Waals surface area contributed by atoms with Gasteiger partial charge in [-0.05, 0) is 31.4 Å². The average molecular weight is 375 g/mol. The summed E-state index contributed by atoms with van der Waals surface area (Å²) in [4.78, 5) is 30.4. The highest BCUT2D eigenvalue weighted by Crippen LogP contribution is 2.26. The van der Waals surface area contributed by atoms with E-state index in [1.807, 2.05) is 42.3 Å². The van der Waals surface area contributed by atoms with Crippen LogP contribution < -0.4 is 4.90 Å². The highest BCUT2D eigenvalue weighted by molar-refractivity contribution is 5.80. The Kier molecular flexibility index (Phi) is 5.46. The van der Waals surface area contributed by atoms with E-state index in [2.05, 4.69) is 32.0 Å². The van der Waals surface area contributed by atoms with Crippen molar-refractivity contribution in [1.82, 2.24) is 19.9 Å². The molecule has 0 spiro atoms. The van der Waals surface area contributed by atoms with Crippen molar-refractivity contribution in [3.8, 4) is 0 Å². The smallest absolute Gasteiger partial charge is 0.227 e. The second-order valence-corrected chi connectivity index (χ2v) is 7.22. The molecular formula is C22H25N5O. The number of amides is 1. The number of carbonyl (C=O) groups is 1. The van der Waals surface area contributed by atoms with Crippen molar-refractivity contribution >= 4 is 22.8 Å². The molecule has 1 atom stereocenters. The van der Waals surface area contributed by atoms with Crippen molar-refractivity contribution in [2.24, 2.45) is 5.92 Å². The maximum Gasteiger partial charge on any atom is 0.227 e. The molecule has 1 aromatic carbocycles. The van der Waals surface area contributed by atoms with Crippen molar-refractivity contribution in [1.29, 1.82) is 0 Å². The van der Waals surface area contributed by atoms with Gasteiger partial charge < -0.3 is 9.80 Å². The summed E-state index contributed by atoms with van der Waals surface area (Å²) in [6, 6.07) is 12.2. The molecule has 3 aromatic rings. The van der Waals surface area contributed by atoms with Crippen molar-refractivity contribution in [3.63, 3.8) is 0 Å². The normalized spacial score (nSPS) is 16.9. The molecule has 1 aliphatic heterocycles. The van der Waals surface area contributed by atoms with Crippen molar-refractivity contribution in [3.05, 3.63) is 60.6 Å². The number of rotatable bonds is 5. The predicted octanol–water partition coefficient (Wildman–Crippen LogP) is 3.29. The van der Waals surface area contributed by atoms with Crippen LogP contribution in [0.4, 0.5) is 5.69 Å². The first kappa shape index (κ1) is 18.3. The van der Waals surface area contributed by atoms with Gasteiger partial charge in [-0.3, -0.25) is 9.78 Å². The van der Waals surface area contributed by atoms with Crippen molar-refractivity contribution in [2.75, 3.05) is 24.5 Å². The van der Waals surface area contributed by atoms with Gasteiger partial charge in [0.2, 0.25) is 5.91 Å². The summed E-state index contributed by atoms with van der Waals surface area (Å²) in [6.07, 6.45) is 7.10. The Bertz CT molecular complexity index is 946. The van der Waals surface area contributed by atoms with E-state index in [-0.39, 0.29) is 11.8 Å². The van der Waals surface area contributed by atoms with Gasteiger partial charge in [0.05, 0.1) is 17.8 Å². The number of anilines is 1. The number of pyridine rings is 1. The molecule has 6 nitrogen and oxygen atoms in total. The van der Waals surface area contributed by atoms with Gasteiger partial charge in [-0.25, -0.2) is 9.97 Å². The molecule has 1 amide bonds. The third-order valence-corrected chi connectivity index (χ3v) is 5.36. The molecule has 0 bridgehead atoms. The lowest BCUT2D eigenvalue weighted by Crippen LogP contribution is -2.44. The van der Waals surface area contributed by atoms with Gasteiger partial charge in [-0.2, -0.15) is 0 Å². The summed E-state index contributed by atoms with van der Waals surface area (Å²) in [5.41, 5.74) is 3.61. The van der Waals surface area contributed by atoms with E-state index in [0.717, 1.165) is 43.7 Å². The Morgan fingerprint density at radius 1 is 1.18 bits per heavy atom. The number of benzene rings is 1. The van der Waals surface area contributed by atoms with Crippen LogP contribution in [0.5, 0.6) is 0 Å². The summed E-state index contributed by atoms with van der Waals surface area (Å²) >= 11 is 0. The van der Waals surface area contributed by atoms with Gasteiger partial charge in [-0.1, -0.05) is 30.3 Å². The molecule has 2 aromatic heterocycles. The van der Waals surface area contributed by atoms with E-state index in [1.54, 1.807) is 12.4 Å². The van der Waals surface area contributed by atoms with Crippen LogP contribution in [0.3, 0.4) is 0 Å². The Balaban J connectivity index is 1.48. The van der Waals surface area contributed by atoms with E-state index < -0.39 is 0 Å². The van der Waals surface area contributed by atoms with Crippen LogP contribution in [-0.4, -0.2) is 45.4 Å². The number of hydrogen-bond acceptors (Lipinski definition) is 5. The van der Waals surface area contributed by atoms with Crippen LogP contribution >= 0.6 is 0 Å². The Morgan fingerprint density at radius 2 is 2.00 bits per heavy atom. The van der Waals surface area contributed by atoms with Crippen molar-refractivity contribution < 1.29 is 4.79 Å². The molecule has 6 heteroatoms. The highest BCUT2D eigenvalue weighted by Gasteiger charge is 2.29. The fourth-order valence-corrected chi connectivity index (χ4v) is 3.84. The number of nitrogens with zero attached hydrogens (tertiary/aromatic N) is 5. The zero-order valence-corrected chi connectivity index (χ0v) is 16.2. The number of fused-ring (bicyclic) bond motifs is 1. The molecule has 0 saturated carbocycles. The quantitative estimate of drug-likeness (QED) is 0.685. The minimum atomic E-state index is 0.00923. The Morgan fingerprint density at radius 3 is 2.82 bits per heavy atom. The van der Waals surface area contributed by atoms with Crippen LogP contribution in [0.1, 0.15) is 25.3 Å². The molecule has 28 heavy (non-hydrogen) atoms. The summed E-state index contributed by atoms with van der Waals surface area (Å²) in [7, 11) is 0. The molecule has 3 heterocycles. The first-order chi connectivity index (χ1) is 13.7. The van der Waals surface area contributed by atoms with Crippen LogP contribution in [0, 0.1) is 5.92 Å². The van der Waals surface area contributed by atoms with E-state index in [9.17, 15) is 4.79 Å². The van der Waals surface area contributed by atoms with Gasteiger partial charge >= 0.3 is 0 Å². The zero-order valence-electron chi connectivity index (χ0n) is 16.2. The highest BCUT2D eigenvalue weighted by atomic mass is 16.2. The fraction of sp³-hybridized carbons (Fsp3) is 0.364. The van der Waals surface area contributed by atoms with E-state index in [4.69, 9.17) is 0 Å². The molecule has 144 valence electrons. The lowest BCUT2D eigenvalue weighted by molar-refractivity contribution is -0.136. The van der Waals surface area contributed by atoms with Crippen LogP contribution in [0.15, 0.2) is 55.0 Å². The zero-order chi connectivity index (χ0) is 19.3. The fourth-order valence-electron chi connectivity index (χ4n) is 3.84. The minimum absolute atomic E-state index is 0.00923. The lowest BCUT2D eigenvalue weighted by atomic mass is 9.95. The maximum absolute atomic E-state index is 13.2. The monoisotopic (exact) mass is 375 g/mol. The molecule has 4 rings (SSSR count). The van der Waals surface area contributed by atoms with Gasteiger partial charge in [0.25, 0.3) is 0 Å². The number of carbonyl (C=O) groups excluding carboxylic acids is 1. The third kappa shape index (κ3) is 3.96. The summed E-state index contributed by atoms with van der Waals surface area (Å²) in [6.45, 7) is 5.09. The second-order valence-electron chi connectivity index (χ2n) is 7.22. The standard InChI is InChI=1S/C22H25N5O/c1-2-26(15-17-7-4-3-5-8-17)22(28)18-9-6-12-27(16-18)19-13-20-21(25-14-19)24-11-10-23-20/h3-5,7-8,10-11,13-14,18H,2,6,9,12,15-16H2,1H3. The van der Waals surface area contributed by atoms with Crippen LogP contribution in [0.2, 0.25) is 0 Å². The van der Waals surface area contributed by atoms with Gasteiger partial charge in [0, 0.05) is 38.6 Å². The SMILES string of the molecule is CCN(Cc1ccccc1)C(=O)C1CCCN(c2cnc3nccnc3c2)C1. The summed E-state index contributed by atoms with van der Waals surface area (Å²) < 4.78 is 0. The van der Waals surface area contributed by atoms with E-state index in [1.165, 1.54) is 5.56 Å². The first-order valence-corrected chi connectivity index (χ1v) is 9.89. The van der Waals surface area contributed by atoms with E-state index in [0.29, 0.717) is 12.2 Å². The molecule has 0 aliphatic carbocycles. The predicted molar refractivity (Wildman–Crippen MR) is 110 cm³/mol. The summed E-state index contributed by atoms with van der Waals surface area (Å²) in [5, 5.41) is 0. The van der Waals surface area contributed by atoms with Crippen LogP contribution in [0.25, 0.3) is 11.2 Å².